The van der Waals surface area contributed by atoms with Crippen LogP contribution in [0, 0.1) is 6.92 Å². The van der Waals surface area contributed by atoms with E-state index in [1.165, 1.54) is 5.56 Å². The average Bonchev–Trinajstić information content (AvgIpc) is 2.58. The van der Waals surface area contributed by atoms with Crippen molar-refractivity contribution in [2.45, 2.75) is 33.3 Å². The predicted molar refractivity (Wildman–Crippen MR) is 96.6 cm³/mol. The monoisotopic (exact) mass is 324 g/mol. The van der Waals surface area contributed by atoms with Gasteiger partial charge in [0.15, 0.2) is 0 Å². The maximum absolute atomic E-state index is 11.7. The van der Waals surface area contributed by atoms with Crippen molar-refractivity contribution in [3.63, 3.8) is 0 Å². The van der Waals surface area contributed by atoms with Gasteiger partial charge >= 0.3 is 5.97 Å². The maximum Gasteiger partial charge on any atom is 0.333 e. The van der Waals surface area contributed by atoms with E-state index in [0.717, 1.165) is 35.1 Å². The lowest BCUT2D eigenvalue weighted by molar-refractivity contribution is -0.140. The van der Waals surface area contributed by atoms with Crippen LogP contribution in [0.1, 0.15) is 30.0 Å². The van der Waals surface area contributed by atoms with E-state index in [9.17, 15) is 4.79 Å². The molecule has 0 aromatic heterocycles. The molecule has 3 nitrogen and oxygen atoms in total. The van der Waals surface area contributed by atoms with E-state index in [0.29, 0.717) is 5.57 Å². The molecule has 2 aromatic rings. The molecule has 0 unspecified atom stereocenters. The largest absolute Gasteiger partial charge is 0.457 e. The number of aryl methyl sites for hydroxylation is 2. The smallest absolute Gasteiger partial charge is 0.333 e. The molecule has 0 amide bonds. The van der Waals surface area contributed by atoms with Crippen molar-refractivity contribution in [3.05, 3.63) is 71.3 Å². The van der Waals surface area contributed by atoms with Crippen molar-refractivity contribution in [3.8, 4) is 11.1 Å². The van der Waals surface area contributed by atoms with Gasteiger partial charge in [0.2, 0.25) is 0 Å². The summed E-state index contributed by atoms with van der Waals surface area (Å²) in [7, 11) is 0. The second-order valence-corrected chi connectivity index (χ2v) is 6.04. The lowest BCUT2D eigenvalue weighted by atomic mass is 9.96. The minimum Gasteiger partial charge on any atom is -0.457 e. The maximum atomic E-state index is 11.7. The Bertz CT molecular complexity index is 714. The Hall–Kier alpha value is -2.39. The van der Waals surface area contributed by atoms with Crippen molar-refractivity contribution in [2.24, 2.45) is 0 Å². The third-order valence-electron chi connectivity index (χ3n) is 3.86. The van der Waals surface area contributed by atoms with Crippen LogP contribution in [0.25, 0.3) is 11.1 Å². The number of hydrogen-bond donors (Lipinski definition) is 1. The Balaban J connectivity index is 2.22. The summed E-state index contributed by atoms with van der Waals surface area (Å²) in [5.41, 5.74) is 5.85. The molecule has 2 rings (SSSR count). The summed E-state index contributed by atoms with van der Waals surface area (Å²) in [4.78, 5) is 11.7. The molecule has 126 valence electrons. The zero-order valence-electron chi connectivity index (χ0n) is 14.3. The summed E-state index contributed by atoms with van der Waals surface area (Å²) >= 11 is 0. The molecule has 0 spiro atoms. The van der Waals surface area contributed by atoms with Gasteiger partial charge in [0.05, 0.1) is 0 Å². The van der Waals surface area contributed by atoms with E-state index < -0.39 is 0 Å². The second-order valence-electron chi connectivity index (χ2n) is 6.04. The molecule has 1 N–H and O–H groups in total. The average molecular weight is 324 g/mol. The van der Waals surface area contributed by atoms with Crippen molar-refractivity contribution in [1.82, 2.24) is 0 Å². The summed E-state index contributed by atoms with van der Waals surface area (Å²) in [6, 6.07) is 14.5. The van der Waals surface area contributed by atoms with E-state index in [1.807, 2.05) is 13.0 Å². The van der Waals surface area contributed by atoms with Crippen molar-refractivity contribution in [2.75, 3.05) is 6.61 Å². The number of aliphatic hydroxyl groups excluding tert-OH is 1. The number of benzene rings is 2. The summed E-state index contributed by atoms with van der Waals surface area (Å²) in [5.74, 6) is -0.373. The first-order chi connectivity index (χ1) is 11.5. The molecule has 2 aromatic carbocycles. The molecule has 0 bridgehead atoms. The zero-order chi connectivity index (χ0) is 17.5. The molecule has 0 fully saturated rings. The van der Waals surface area contributed by atoms with Gasteiger partial charge in [0.25, 0.3) is 0 Å². The van der Waals surface area contributed by atoms with Gasteiger partial charge in [0.1, 0.15) is 6.61 Å². The molecule has 24 heavy (non-hydrogen) atoms. The Labute approximate surface area is 143 Å². The summed E-state index contributed by atoms with van der Waals surface area (Å²) in [5, 5.41) is 8.92. The van der Waals surface area contributed by atoms with Crippen LogP contribution in [0.5, 0.6) is 0 Å². The Morgan fingerprint density at radius 3 is 2.50 bits per heavy atom. The van der Waals surface area contributed by atoms with Gasteiger partial charge in [-0.2, -0.15) is 0 Å². The highest BCUT2D eigenvalue weighted by atomic mass is 16.5. The third kappa shape index (κ3) is 4.80. The van der Waals surface area contributed by atoms with Gasteiger partial charge in [-0.25, -0.2) is 4.79 Å². The first-order valence-corrected chi connectivity index (χ1v) is 8.13. The molecular weight excluding hydrogens is 300 g/mol. The normalized spacial score (nSPS) is 10.5. The molecule has 0 saturated carbocycles. The molecular formula is C21H24O3. The minimum absolute atomic E-state index is 0.206. The standard InChI is InChI=1S/C21H24O3/c1-15(2)21(23)24-14-19-13-16(3)6-11-20(19)18-9-7-17(8-10-18)5-4-12-22/h6-11,13,22H,1,4-5,12,14H2,2-3H3. The highest BCUT2D eigenvalue weighted by Gasteiger charge is 2.09. The van der Waals surface area contributed by atoms with Crippen LogP contribution in [0.2, 0.25) is 0 Å². The molecule has 0 atom stereocenters. The highest BCUT2D eigenvalue weighted by Crippen LogP contribution is 2.26. The lowest BCUT2D eigenvalue weighted by Gasteiger charge is -2.12. The number of rotatable bonds is 7. The molecule has 0 aliphatic rings. The Kier molecular flexibility index (Phi) is 6.33. The van der Waals surface area contributed by atoms with E-state index in [2.05, 4.69) is 43.0 Å². The van der Waals surface area contributed by atoms with Gasteiger partial charge in [-0.05, 0) is 48.9 Å². The van der Waals surface area contributed by atoms with E-state index in [1.54, 1.807) is 6.92 Å². The summed E-state index contributed by atoms with van der Waals surface area (Å²) in [6.45, 7) is 7.71. The Morgan fingerprint density at radius 2 is 1.88 bits per heavy atom. The van der Waals surface area contributed by atoms with Gasteiger partial charge in [-0.15, -0.1) is 0 Å². The third-order valence-corrected chi connectivity index (χ3v) is 3.86. The molecule has 0 radical (unpaired) electrons. The fraction of sp³-hybridized carbons (Fsp3) is 0.286. The van der Waals surface area contributed by atoms with Gasteiger partial charge in [-0.3, -0.25) is 0 Å². The lowest BCUT2D eigenvalue weighted by Crippen LogP contribution is -2.06. The molecule has 0 aliphatic heterocycles. The number of esters is 1. The quantitative estimate of drug-likeness (QED) is 0.613. The highest BCUT2D eigenvalue weighted by molar-refractivity contribution is 5.87. The van der Waals surface area contributed by atoms with Crippen LogP contribution < -0.4 is 0 Å². The van der Waals surface area contributed by atoms with Crippen LogP contribution in [0.3, 0.4) is 0 Å². The Morgan fingerprint density at radius 1 is 1.17 bits per heavy atom. The molecule has 0 heterocycles. The summed E-state index contributed by atoms with van der Waals surface area (Å²) in [6.07, 6.45) is 1.64. The van der Waals surface area contributed by atoms with Gasteiger partial charge in [0, 0.05) is 12.2 Å². The summed E-state index contributed by atoms with van der Waals surface area (Å²) < 4.78 is 5.32. The number of hydrogen-bond acceptors (Lipinski definition) is 3. The first-order valence-electron chi connectivity index (χ1n) is 8.13. The minimum atomic E-state index is -0.373. The fourth-order valence-electron chi connectivity index (χ4n) is 2.52. The van der Waals surface area contributed by atoms with Gasteiger partial charge < -0.3 is 9.84 Å². The van der Waals surface area contributed by atoms with Crippen molar-refractivity contribution < 1.29 is 14.6 Å². The number of ether oxygens (including phenoxy) is 1. The zero-order valence-corrected chi connectivity index (χ0v) is 14.3. The van der Waals surface area contributed by atoms with E-state index >= 15 is 0 Å². The van der Waals surface area contributed by atoms with Crippen LogP contribution >= 0.6 is 0 Å². The van der Waals surface area contributed by atoms with Gasteiger partial charge in [-0.1, -0.05) is 54.6 Å². The number of aliphatic hydroxyl groups is 1. The number of carbonyl (C=O) groups excluding carboxylic acids is 1. The fourth-order valence-corrected chi connectivity index (χ4v) is 2.52. The van der Waals surface area contributed by atoms with Crippen molar-refractivity contribution >= 4 is 5.97 Å². The molecule has 0 saturated heterocycles. The van der Waals surface area contributed by atoms with Crippen LogP contribution in [0.15, 0.2) is 54.6 Å². The van der Waals surface area contributed by atoms with Crippen LogP contribution in [-0.2, 0) is 22.6 Å². The van der Waals surface area contributed by atoms with E-state index in [-0.39, 0.29) is 19.2 Å². The van der Waals surface area contributed by atoms with E-state index in [4.69, 9.17) is 9.84 Å². The second kappa shape index (κ2) is 8.46. The molecule has 0 aliphatic carbocycles. The first kappa shape index (κ1) is 18.0. The topological polar surface area (TPSA) is 46.5 Å². The predicted octanol–water partition coefficient (Wildman–Crippen LogP) is 4.21. The van der Waals surface area contributed by atoms with Crippen LogP contribution in [-0.4, -0.2) is 17.7 Å². The number of carbonyl (C=O) groups is 1. The molecule has 3 heteroatoms. The van der Waals surface area contributed by atoms with Crippen molar-refractivity contribution in [1.29, 1.82) is 0 Å². The van der Waals surface area contributed by atoms with Crippen LogP contribution in [0.4, 0.5) is 0 Å². The SMILES string of the molecule is C=C(C)C(=O)OCc1cc(C)ccc1-c1ccc(CCCO)cc1.